The van der Waals surface area contributed by atoms with E-state index >= 15 is 0 Å². The Hall–Kier alpha value is -1.89. The number of urea groups is 1. The SMILES string of the molecule is Cc1ccc(CNC(=O)NC(=O)CCCCC(=O)O)s1. The van der Waals surface area contributed by atoms with Crippen LogP contribution in [0.3, 0.4) is 0 Å². The first-order chi connectivity index (χ1) is 9.47. The van der Waals surface area contributed by atoms with Gasteiger partial charge < -0.3 is 10.4 Å². The molecule has 0 saturated heterocycles. The number of hydrogen-bond acceptors (Lipinski definition) is 4. The standard InChI is InChI=1S/C13H18N2O4S/c1-9-6-7-10(20-9)8-14-13(19)15-11(16)4-2-3-5-12(17)18/h6-7H,2-5,8H2,1H3,(H,17,18)(H2,14,15,16,19). The van der Waals surface area contributed by atoms with Crippen LogP contribution >= 0.6 is 11.3 Å². The molecule has 0 unspecified atom stereocenters. The third-order valence-corrected chi connectivity index (χ3v) is 3.52. The van der Waals surface area contributed by atoms with Gasteiger partial charge in [0.2, 0.25) is 5.91 Å². The molecular weight excluding hydrogens is 280 g/mol. The van der Waals surface area contributed by atoms with Crippen LogP contribution < -0.4 is 10.6 Å². The van der Waals surface area contributed by atoms with Gasteiger partial charge in [0.1, 0.15) is 0 Å². The summed E-state index contributed by atoms with van der Waals surface area (Å²) in [6.07, 6.45) is 1.07. The Morgan fingerprint density at radius 3 is 2.50 bits per heavy atom. The van der Waals surface area contributed by atoms with E-state index in [1.54, 1.807) is 11.3 Å². The lowest BCUT2D eigenvalue weighted by Gasteiger charge is -2.05. The molecule has 7 heteroatoms. The van der Waals surface area contributed by atoms with E-state index in [9.17, 15) is 14.4 Å². The third kappa shape index (κ3) is 6.89. The van der Waals surface area contributed by atoms with Gasteiger partial charge in [-0.05, 0) is 31.9 Å². The second kappa shape index (κ2) is 8.31. The molecular formula is C13H18N2O4S. The van der Waals surface area contributed by atoms with Crippen molar-refractivity contribution >= 4 is 29.2 Å². The van der Waals surface area contributed by atoms with Crippen molar-refractivity contribution in [3.8, 4) is 0 Å². The number of carbonyl (C=O) groups excluding carboxylic acids is 2. The van der Waals surface area contributed by atoms with Crippen LogP contribution in [0.5, 0.6) is 0 Å². The van der Waals surface area contributed by atoms with Crippen LogP contribution in [0.1, 0.15) is 35.4 Å². The summed E-state index contributed by atoms with van der Waals surface area (Å²) in [5.41, 5.74) is 0. The molecule has 110 valence electrons. The van der Waals surface area contributed by atoms with Gasteiger partial charge >= 0.3 is 12.0 Å². The molecule has 0 aromatic carbocycles. The molecule has 6 nitrogen and oxygen atoms in total. The lowest BCUT2D eigenvalue weighted by atomic mass is 10.2. The van der Waals surface area contributed by atoms with E-state index in [1.807, 2.05) is 19.1 Å². The van der Waals surface area contributed by atoms with E-state index in [0.29, 0.717) is 19.4 Å². The molecule has 0 radical (unpaired) electrons. The Balaban J connectivity index is 2.14. The molecule has 0 bridgehead atoms. The number of aryl methyl sites for hydroxylation is 1. The van der Waals surface area contributed by atoms with Gasteiger partial charge in [-0.1, -0.05) is 0 Å². The van der Waals surface area contributed by atoms with Crippen molar-refractivity contribution in [3.63, 3.8) is 0 Å². The first-order valence-corrected chi connectivity index (χ1v) is 7.14. The van der Waals surface area contributed by atoms with Crippen LogP contribution in [0.2, 0.25) is 0 Å². The quantitative estimate of drug-likeness (QED) is 0.671. The topological polar surface area (TPSA) is 95.5 Å². The molecule has 0 aliphatic heterocycles. The van der Waals surface area contributed by atoms with Gasteiger partial charge in [-0.3, -0.25) is 14.9 Å². The summed E-state index contributed by atoms with van der Waals surface area (Å²) in [7, 11) is 0. The van der Waals surface area contributed by atoms with Crippen LogP contribution in [0.25, 0.3) is 0 Å². The average molecular weight is 298 g/mol. The number of thiophene rings is 1. The number of unbranched alkanes of at least 4 members (excludes halogenated alkanes) is 1. The summed E-state index contributed by atoms with van der Waals surface area (Å²) < 4.78 is 0. The number of carbonyl (C=O) groups is 3. The first-order valence-electron chi connectivity index (χ1n) is 6.32. The zero-order valence-corrected chi connectivity index (χ0v) is 12.1. The molecule has 0 aliphatic rings. The average Bonchev–Trinajstić information content (AvgIpc) is 2.78. The number of amides is 3. The summed E-state index contributed by atoms with van der Waals surface area (Å²) in [6, 6.07) is 3.36. The third-order valence-electron chi connectivity index (χ3n) is 2.52. The number of hydrogen-bond donors (Lipinski definition) is 3. The molecule has 1 rings (SSSR count). The predicted molar refractivity (Wildman–Crippen MR) is 75.5 cm³/mol. The Morgan fingerprint density at radius 2 is 1.90 bits per heavy atom. The lowest BCUT2D eigenvalue weighted by Crippen LogP contribution is -2.38. The minimum Gasteiger partial charge on any atom is -0.481 e. The van der Waals surface area contributed by atoms with E-state index in [4.69, 9.17) is 5.11 Å². The minimum atomic E-state index is -0.880. The molecule has 0 fully saturated rings. The summed E-state index contributed by atoms with van der Waals surface area (Å²) in [6.45, 7) is 2.37. The fraction of sp³-hybridized carbons (Fsp3) is 0.462. The zero-order chi connectivity index (χ0) is 15.0. The van der Waals surface area contributed by atoms with E-state index < -0.39 is 17.9 Å². The maximum absolute atomic E-state index is 11.4. The maximum Gasteiger partial charge on any atom is 0.321 e. The van der Waals surface area contributed by atoms with E-state index in [2.05, 4.69) is 10.6 Å². The van der Waals surface area contributed by atoms with Gasteiger partial charge in [0, 0.05) is 22.6 Å². The number of aliphatic carboxylic acids is 1. The number of rotatable bonds is 7. The van der Waals surface area contributed by atoms with Crippen molar-refractivity contribution < 1.29 is 19.5 Å². The molecule has 1 aromatic heterocycles. The second-order valence-corrected chi connectivity index (χ2v) is 5.72. The van der Waals surface area contributed by atoms with Gasteiger partial charge in [-0.2, -0.15) is 0 Å². The molecule has 0 aliphatic carbocycles. The molecule has 0 saturated carbocycles. The summed E-state index contributed by atoms with van der Waals surface area (Å²) in [4.78, 5) is 35.3. The number of nitrogens with one attached hydrogen (secondary N) is 2. The van der Waals surface area contributed by atoms with Crippen molar-refractivity contribution in [2.45, 2.75) is 39.2 Å². The predicted octanol–water partition coefficient (Wildman–Crippen LogP) is 2.03. The fourth-order valence-electron chi connectivity index (χ4n) is 1.54. The van der Waals surface area contributed by atoms with Gasteiger partial charge in [0.25, 0.3) is 0 Å². The van der Waals surface area contributed by atoms with Gasteiger partial charge in [-0.15, -0.1) is 11.3 Å². The lowest BCUT2D eigenvalue weighted by molar-refractivity contribution is -0.137. The van der Waals surface area contributed by atoms with Gasteiger partial charge in [0.15, 0.2) is 0 Å². The molecule has 1 heterocycles. The smallest absolute Gasteiger partial charge is 0.321 e. The molecule has 0 atom stereocenters. The van der Waals surface area contributed by atoms with Crippen LogP contribution in [0.15, 0.2) is 12.1 Å². The molecule has 20 heavy (non-hydrogen) atoms. The number of carboxylic acid groups (broad SMARTS) is 1. The van der Waals surface area contributed by atoms with Gasteiger partial charge in [-0.25, -0.2) is 4.79 Å². The monoisotopic (exact) mass is 298 g/mol. The van der Waals surface area contributed by atoms with Gasteiger partial charge in [0.05, 0.1) is 6.54 Å². The van der Waals surface area contributed by atoms with Crippen molar-refractivity contribution in [1.29, 1.82) is 0 Å². The van der Waals surface area contributed by atoms with Crippen LogP contribution in [-0.4, -0.2) is 23.0 Å². The van der Waals surface area contributed by atoms with Crippen molar-refractivity contribution in [3.05, 3.63) is 21.9 Å². The Labute approximate surface area is 121 Å². The van der Waals surface area contributed by atoms with E-state index in [-0.39, 0.29) is 12.8 Å². The highest BCUT2D eigenvalue weighted by Crippen LogP contribution is 2.14. The van der Waals surface area contributed by atoms with E-state index in [0.717, 1.165) is 9.75 Å². The number of imide groups is 1. The Bertz CT molecular complexity index is 484. The van der Waals surface area contributed by atoms with Crippen LogP contribution in [-0.2, 0) is 16.1 Å². The van der Waals surface area contributed by atoms with Crippen molar-refractivity contribution in [1.82, 2.24) is 10.6 Å². The molecule has 1 aromatic rings. The zero-order valence-electron chi connectivity index (χ0n) is 11.3. The minimum absolute atomic E-state index is 0.0389. The highest BCUT2D eigenvalue weighted by Gasteiger charge is 2.08. The Kier molecular flexibility index (Phi) is 6.72. The molecule has 3 amide bonds. The highest BCUT2D eigenvalue weighted by atomic mass is 32.1. The number of carboxylic acids is 1. The van der Waals surface area contributed by atoms with Crippen LogP contribution in [0.4, 0.5) is 4.79 Å². The summed E-state index contributed by atoms with van der Waals surface area (Å²) >= 11 is 1.59. The fourth-order valence-corrected chi connectivity index (χ4v) is 2.37. The van der Waals surface area contributed by atoms with Crippen molar-refractivity contribution in [2.75, 3.05) is 0 Å². The first kappa shape index (κ1) is 16.2. The van der Waals surface area contributed by atoms with E-state index in [1.165, 1.54) is 0 Å². The molecule has 0 spiro atoms. The molecule has 3 N–H and O–H groups in total. The van der Waals surface area contributed by atoms with Crippen LogP contribution in [0, 0.1) is 6.92 Å². The highest BCUT2D eigenvalue weighted by molar-refractivity contribution is 7.11. The maximum atomic E-state index is 11.4. The largest absolute Gasteiger partial charge is 0.481 e. The summed E-state index contributed by atoms with van der Waals surface area (Å²) in [5.74, 6) is -1.27. The second-order valence-electron chi connectivity index (χ2n) is 4.34. The van der Waals surface area contributed by atoms with Crippen molar-refractivity contribution in [2.24, 2.45) is 0 Å². The summed E-state index contributed by atoms with van der Waals surface area (Å²) in [5, 5.41) is 13.3. The Morgan fingerprint density at radius 1 is 1.20 bits per heavy atom. The normalized spacial score (nSPS) is 10.1.